The van der Waals surface area contributed by atoms with Crippen molar-refractivity contribution >= 4 is 23.0 Å². The fourth-order valence-corrected chi connectivity index (χ4v) is 4.10. The average molecular weight is 424 g/mol. The summed E-state index contributed by atoms with van der Waals surface area (Å²) in [5.74, 6) is -1.37. The molecular formula is C24H25FN2O4. The summed E-state index contributed by atoms with van der Waals surface area (Å²) in [6.07, 6.45) is -0.454. The molecule has 2 aromatic carbocycles. The number of hydrogen-bond donors (Lipinski definition) is 1. The number of carbonyl (C=O) groups excluding carboxylic acids is 1. The van der Waals surface area contributed by atoms with Crippen LogP contribution in [0.5, 0.6) is 0 Å². The van der Waals surface area contributed by atoms with Gasteiger partial charge in [0.25, 0.3) is 0 Å². The van der Waals surface area contributed by atoms with E-state index in [1.807, 2.05) is 24.3 Å². The minimum Gasteiger partial charge on any atom is -0.480 e. The highest BCUT2D eigenvalue weighted by Crippen LogP contribution is 2.34. The van der Waals surface area contributed by atoms with Gasteiger partial charge < -0.3 is 14.4 Å². The third kappa shape index (κ3) is 4.13. The van der Waals surface area contributed by atoms with Gasteiger partial charge in [0.05, 0.1) is 6.54 Å². The van der Waals surface area contributed by atoms with Crippen LogP contribution in [0.25, 0.3) is 10.9 Å². The molecule has 0 saturated carbocycles. The van der Waals surface area contributed by atoms with E-state index in [1.165, 1.54) is 17.0 Å². The molecule has 1 aliphatic heterocycles. The average Bonchev–Trinajstić information content (AvgIpc) is 3.00. The second-order valence-electron chi connectivity index (χ2n) is 8.82. The number of benzene rings is 2. The number of hydrogen-bond acceptors (Lipinski definition) is 3. The summed E-state index contributed by atoms with van der Waals surface area (Å²) < 4.78 is 20.9. The number of amides is 1. The van der Waals surface area contributed by atoms with E-state index < -0.39 is 23.7 Å². The molecule has 31 heavy (non-hydrogen) atoms. The zero-order valence-electron chi connectivity index (χ0n) is 17.8. The molecule has 6 nitrogen and oxygen atoms in total. The lowest BCUT2D eigenvalue weighted by Crippen LogP contribution is -2.50. The summed E-state index contributed by atoms with van der Waals surface area (Å²) in [7, 11) is 0. The molecule has 0 unspecified atom stereocenters. The topological polar surface area (TPSA) is 71.8 Å². The Morgan fingerprint density at radius 1 is 1.13 bits per heavy atom. The van der Waals surface area contributed by atoms with Crippen LogP contribution in [0.3, 0.4) is 0 Å². The van der Waals surface area contributed by atoms with Crippen LogP contribution in [0.1, 0.15) is 37.6 Å². The predicted octanol–water partition coefficient (Wildman–Crippen LogP) is 4.58. The first-order chi connectivity index (χ1) is 14.6. The molecule has 1 aliphatic rings. The predicted molar refractivity (Wildman–Crippen MR) is 114 cm³/mol. The summed E-state index contributed by atoms with van der Waals surface area (Å²) in [5.41, 5.74) is 2.92. The first-order valence-electron chi connectivity index (χ1n) is 10.2. The van der Waals surface area contributed by atoms with Gasteiger partial charge in [0.15, 0.2) is 0 Å². The molecule has 3 aromatic rings. The van der Waals surface area contributed by atoms with E-state index in [9.17, 15) is 19.1 Å². The van der Waals surface area contributed by atoms with Crippen molar-refractivity contribution in [2.45, 2.75) is 51.9 Å². The van der Waals surface area contributed by atoms with Gasteiger partial charge in [-0.1, -0.05) is 30.3 Å². The van der Waals surface area contributed by atoms with Crippen LogP contribution in [0.15, 0.2) is 48.5 Å². The van der Waals surface area contributed by atoms with Crippen LogP contribution in [-0.2, 0) is 29.0 Å². The molecule has 2 heterocycles. The first-order valence-corrected chi connectivity index (χ1v) is 10.2. The lowest BCUT2D eigenvalue weighted by atomic mass is 9.97. The molecule has 0 radical (unpaired) electrons. The van der Waals surface area contributed by atoms with E-state index >= 15 is 0 Å². The number of rotatable bonds is 3. The fourth-order valence-electron chi connectivity index (χ4n) is 4.10. The molecule has 1 amide bonds. The number of carboxylic acids is 1. The van der Waals surface area contributed by atoms with Crippen molar-refractivity contribution < 1.29 is 23.8 Å². The molecule has 1 atom stereocenters. The number of aromatic nitrogens is 1. The molecule has 162 valence electrons. The van der Waals surface area contributed by atoms with Gasteiger partial charge in [-0.2, -0.15) is 0 Å². The van der Waals surface area contributed by atoms with Crippen molar-refractivity contribution in [2.24, 2.45) is 0 Å². The maximum Gasteiger partial charge on any atom is 0.411 e. The molecule has 1 aromatic heterocycles. The smallest absolute Gasteiger partial charge is 0.411 e. The number of carbonyl (C=O) groups is 2. The van der Waals surface area contributed by atoms with Crippen molar-refractivity contribution in [1.29, 1.82) is 0 Å². The quantitative estimate of drug-likeness (QED) is 0.668. The molecule has 0 bridgehead atoms. The van der Waals surface area contributed by atoms with Crippen molar-refractivity contribution in [3.63, 3.8) is 0 Å². The molecule has 1 N–H and O–H groups in total. The third-order valence-electron chi connectivity index (χ3n) is 5.45. The molecular weight excluding hydrogens is 399 g/mol. The molecule has 4 rings (SSSR count). The number of carboxylic acid groups (broad SMARTS) is 1. The van der Waals surface area contributed by atoms with E-state index in [0.29, 0.717) is 6.54 Å². The van der Waals surface area contributed by atoms with Gasteiger partial charge in [0.2, 0.25) is 0 Å². The zero-order valence-corrected chi connectivity index (χ0v) is 17.8. The second kappa shape index (κ2) is 7.72. The van der Waals surface area contributed by atoms with Gasteiger partial charge in [-0.3, -0.25) is 4.90 Å². The van der Waals surface area contributed by atoms with Crippen molar-refractivity contribution in [3.8, 4) is 0 Å². The van der Waals surface area contributed by atoms with Crippen LogP contribution in [0.4, 0.5) is 9.18 Å². The molecule has 0 saturated heterocycles. The number of nitrogens with zero attached hydrogens (tertiary/aromatic N) is 2. The standard InChI is InChI=1S/C24H25FN2O4/c1-24(2,3)31-23(30)27-14-21-18(12-20(27)22(28)29)17-6-4-5-7-19(17)26(21)13-15-8-10-16(25)11-9-15/h4-11,20H,12-14H2,1-3H3,(H,28,29)/t20-/m0/s1. The Labute approximate surface area is 179 Å². The van der Waals surface area contributed by atoms with Crippen LogP contribution in [-0.4, -0.2) is 38.3 Å². The first kappa shape index (κ1) is 20.9. The number of halogens is 1. The Morgan fingerprint density at radius 3 is 2.45 bits per heavy atom. The Kier molecular flexibility index (Phi) is 5.21. The summed E-state index contributed by atoms with van der Waals surface area (Å²) in [6.45, 7) is 5.86. The molecule has 0 spiro atoms. The van der Waals surface area contributed by atoms with E-state index in [0.717, 1.165) is 27.7 Å². The largest absolute Gasteiger partial charge is 0.480 e. The van der Waals surface area contributed by atoms with E-state index in [-0.39, 0.29) is 18.8 Å². The number of aliphatic carboxylic acids is 1. The lowest BCUT2D eigenvalue weighted by Gasteiger charge is -2.35. The van der Waals surface area contributed by atoms with E-state index in [4.69, 9.17) is 4.74 Å². The van der Waals surface area contributed by atoms with Gasteiger partial charge in [0.1, 0.15) is 17.5 Å². The zero-order chi connectivity index (χ0) is 22.3. The van der Waals surface area contributed by atoms with Crippen LogP contribution in [0.2, 0.25) is 0 Å². The highest BCUT2D eigenvalue weighted by Gasteiger charge is 2.39. The van der Waals surface area contributed by atoms with E-state index in [2.05, 4.69) is 4.57 Å². The summed E-state index contributed by atoms with van der Waals surface area (Å²) in [6, 6.07) is 13.1. The Hall–Kier alpha value is -3.35. The Morgan fingerprint density at radius 2 is 1.81 bits per heavy atom. The van der Waals surface area contributed by atoms with Crippen LogP contribution in [0, 0.1) is 5.82 Å². The van der Waals surface area contributed by atoms with Crippen molar-refractivity contribution in [1.82, 2.24) is 9.47 Å². The molecule has 7 heteroatoms. The molecule has 0 fully saturated rings. The van der Waals surface area contributed by atoms with Crippen molar-refractivity contribution in [3.05, 3.63) is 71.2 Å². The van der Waals surface area contributed by atoms with Gasteiger partial charge >= 0.3 is 12.1 Å². The van der Waals surface area contributed by atoms with Crippen LogP contribution < -0.4 is 0 Å². The van der Waals surface area contributed by atoms with Crippen molar-refractivity contribution in [2.75, 3.05) is 0 Å². The van der Waals surface area contributed by atoms with Gasteiger partial charge in [-0.15, -0.1) is 0 Å². The fraction of sp³-hybridized carbons (Fsp3) is 0.333. The van der Waals surface area contributed by atoms with Gasteiger partial charge in [-0.05, 0) is 50.1 Å². The number of fused-ring (bicyclic) bond motifs is 3. The summed E-state index contributed by atoms with van der Waals surface area (Å²) in [5, 5.41) is 10.8. The second-order valence-corrected chi connectivity index (χ2v) is 8.82. The maximum atomic E-state index is 13.4. The minimum atomic E-state index is -1.06. The number of para-hydroxylation sites is 1. The summed E-state index contributed by atoms with van der Waals surface area (Å²) in [4.78, 5) is 26.2. The third-order valence-corrected chi connectivity index (χ3v) is 5.45. The monoisotopic (exact) mass is 424 g/mol. The SMILES string of the molecule is CC(C)(C)OC(=O)N1Cc2c(c3ccccc3n2Cc2ccc(F)cc2)C[C@H]1C(=O)O. The number of ether oxygens (including phenoxy) is 1. The highest BCUT2D eigenvalue weighted by molar-refractivity contribution is 5.89. The molecule has 0 aliphatic carbocycles. The van der Waals surface area contributed by atoms with E-state index in [1.54, 1.807) is 32.9 Å². The lowest BCUT2D eigenvalue weighted by molar-refractivity contribution is -0.143. The normalized spacial score (nSPS) is 16.3. The van der Waals surface area contributed by atoms with Gasteiger partial charge in [-0.25, -0.2) is 14.0 Å². The minimum absolute atomic E-state index is 0.122. The Bertz CT molecular complexity index is 1140. The highest BCUT2D eigenvalue weighted by atomic mass is 19.1. The van der Waals surface area contributed by atoms with Crippen LogP contribution >= 0.6 is 0 Å². The Balaban J connectivity index is 1.80. The maximum absolute atomic E-state index is 13.4. The van der Waals surface area contributed by atoms with Gasteiger partial charge in [0, 0.05) is 29.6 Å². The summed E-state index contributed by atoms with van der Waals surface area (Å²) >= 11 is 0.